The number of aryl methyl sites for hydroxylation is 1. The summed E-state index contributed by atoms with van der Waals surface area (Å²) in [7, 11) is 0. The molecule has 6 rings (SSSR count). The third-order valence-electron chi connectivity index (χ3n) is 9.50. The Morgan fingerprint density at radius 1 is 0.909 bits per heavy atom. The second-order valence-corrected chi connectivity index (χ2v) is 12.1. The highest BCUT2D eigenvalue weighted by molar-refractivity contribution is 6.27. The van der Waals surface area contributed by atoms with Crippen molar-refractivity contribution in [1.82, 2.24) is 19.9 Å². The number of esters is 3. The van der Waals surface area contributed by atoms with E-state index in [2.05, 4.69) is 23.8 Å². The van der Waals surface area contributed by atoms with Gasteiger partial charge in [-0.15, -0.1) is 0 Å². The van der Waals surface area contributed by atoms with E-state index < -0.39 is 17.9 Å². The summed E-state index contributed by atoms with van der Waals surface area (Å²) in [5.74, 6) is -2.20. The van der Waals surface area contributed by atoms with Crippen molar-refractivity contribution >= 4 is 45.9 Å². The van der Waals surface area contributed by atoms with Crippen molar-refractivity contribution in [2.24, 2.45) is 0 Å². The minimum Gasteiger partial charge on any atom is -0.466 e. The number of fused-ring (bicyclic) bond motifs is 8. The number of ether oxygens (including phenoxy) is 2. The predicted octanol–water partition coefficient (Wildman–Crippen LogP) is 6.31. The lowest BCUT2D eigenvalue weighted by Gasteiger charge is -2.19. The van der Waals surface area contributed by atoms with Crippen LogP contribution in [-0.4, -0.2) is 50.2 Å². The number of aromatic amines is 2. The van der Waals surface area contributed by atoms with Crippen molar-refractivity contribution < 1.29 is 28.7 Å². The van der Waals surface area contributed by atoms with Crippen molar-refractivity contribution in [2.45, 2.75) is 85.0 Å². The molecule has 0 spiro atoms. The van der Waals surface area contributed by atoms with Crippen molar-refractivity contribution in [3.05, 3.63) is 69.1 Å². The minimum absolute atomic E-state index is 0.0762. The van der Waals surface area contributed by atoms with Crippen LogP contribution in [0.5, 0.6) is 0 Å². The molecule has 0 saturated carbocycles. The zero-order chi connectivity index (χ0) is 31.6. The van der Waals surface area contributed by atoms with Crippen LogP contribution in [0.4, 0.5) is 0 Å². The average molecular weight is 597 g/mol. The van der Waals surface area contributed by atoms with Crippen LogP contribution in [0.1, 0.15) is 138 Å². The number of nitrogens with one attached hydrogen (secondary N) is 2. The lowest BCUT2D eigenvalue weighted by molar-refractivity contribution is -0.141. The molecule has 4 aliphatic heterocycles. The second-order valence-electron chi connectivity index (χ2n) is 12.1. The zero-order valence-corrected chi connectivity index (χ0v) is 26.0. The number of hydrogen-bond donors (Lipinski definition) is 2. The van der Waals surface area contributed by atoms with Crippen molar-refractivity contribution in [3.8, 4) is 0 Å². The van der Waals surface area contributed by atoms with E-state index in [9.17, 15) is 19.2 Å². The molecule has 0 aliphatic carbocycles. The largest absolute Gasteiger partial charge is 0.466 e. The maximum absolute atomic E-state index is 13.5. The highest BCUT2D eigenvalue weighted by atomic mass is 16.6. The molecule has 10 heteroatoms. The number of allylic oxidation sites excluding steroid dienone is 2. The van der Waals surface area contributed by atoms with Gasteiger partial charge in [-0.25, -0.2) is 14.6 Å². The van der Waals surface area contributed by atoms with Gasteiger partial charge in [0.2, 0.25) is 0 Å². The fraction of sp³-hybridized carbons (Fsp3) is 0.412. The van der Waals surface area contributed by atoms with Gasteiger partial charge < -0.3 is 19.4 Å². The van der Waals surface area contributed by atoms with E-state index in [1.807, 2.05) is 39.0 Å². The summed E-state index contributed by atoms with van der Waals surface area (Å²) in [5.41, 5.74) is 7.81. The summed E-state index contributed by atoms with van der Waals surface area (Å²) in [6, 6.07) is 5.82. The fourth-order valence-corrected chi connectivity index (χ4v) is 7.07. The zero-order valence-electron chi connectivity index (χ0n) is 26.0. The third kappa shape index (κ3) is 4.63. The maximum atomic E-state index is 13.5. The number of carbonyl (C=O) groups excluding carboxylic acids is 4. The molecule has 2 aromatic heterocycles. The normalized spacial score (nSPS) is 21.7. The van der Waals surface area contributed by atoms with Crippen LogP contribution in [0.15, 0.2) is 18.2 Å². The molecule has 0 fully saturated rings. The Balaban J connectivity index is 1.75. The van der Waals surface area contributed by atoms with Gasteiger partial charge in [0.05, 0.1) is 34.8 Å². The summed E-state index contributed by atoms with van der Waals surface area (Å²) < 4.78 is 10.6. The first-order chi connectivity index (χ1) is 20.9. The number of rotatable bonds is 5. The molecule has 228 valence electrons. The maximum Gasteiger partial charge on any atom is 0.350 e. The van der Waals surface area contributed by atoms with Crippen LogP contribution < -0.4 is 0 Å². The first-order valence-corrected chi connectivity index (χ1v) is 15.1. The SMILES string of the molecule is CC[C@H]1c2cc3[nH]c4c(c5nc(cc6nc(cc([nH]2)[C@@H]1C)C(C(C)=O)=C6C)[C@@H](C)[C@@H]5CCOC(C)=O)C(=O)OC(=O)c4c3C. The molecule has 0 amide bonds. The van der Waals surface area contributed by atoms with E-state index in [0.29, 0.717) is 56.9 Å². The van der Waals surface area contributed by atoms with Crippen LogP contribution in [0.2, 0.25) is 0 Å². The van der Waals surface area contributed by atoms with Crippen molar-refractivity contribution in [3.63, 3.8) is 0 Å². The Kier molecular flexibility index (Phi) is 7.26. The summed E-state index contributed by atoms with van der Waals surface area (Å²) in [6.45, 7) is 13.0. The Morgan fingerprint density at radius 3 is 2.32 bits per heavy atom. The smallest absolute Gasteiger partial charge is 0.350 e. The first kappa shape index (κ1) is 29.5. The molecule has 0 saturated heterocycles. The van der Waals surface area contributed by atoms with Crippen LogP contribution in [0, 0.1) is 6.92 Å². The molecule has 0 radical (unpaired) electrons. The van der Waals surface area contributed by atoms with Crippen LogP contribution >= 0.6 is 0 Å². The lowest BCUT2D eigenvalue weighted by atomic mass is 9.86. The number of Topliss-reactive ketones (excluding diaryl/α,β-unsaturated/α-hetero) is 1. The Hall–Kier alpha value is -4.60. The van der Waals surface area contributed by atoms with E-state index in [4.69, 9.17) is 19.4 Å². The Morgan fingerprint density at radius 2 is 1.64 bits per heavy atom. The van der Waals surface area contributed by atoms with E-state index in [1.165, 1.54) is 6.92 Å². The van der Waals surface area contributed by atoms with Crippen molar-refractivity contribution in [2.75, 3.05) is 6.61 Å². The topological polar surface area (TPSA) is 144 Å². The monoisotopic (exact) mass is 596 g/mol. The molecule has 8 bridgehead atoms. The van der Waals surface area contributed by atoms with Gasteiger partial charge in [0, 0.05) is 58.8 Å². The van der Waals surface area contributed by atoms with Gasteiger partial charge >= 0.3 is 17.9 Å². The predicted molar refractivity (Wildman–Crippen MR) is 164 cm³/mol. The van der Waals surface area contributed by atoms with Gasteiger partial charge in [-0.3, -0.25) is 14.6 Å². The highest BCUT2D eigenvalue weighted by Gasteiger charge is 2.39. The molecular formula is C34H36N4O6. The quantitative estimate of drug-likeness (QED) is 0.302. The lowest BCUT2D eigenvalue weighted by Crippen LogP contribution is -2.22. The van der Waals surface area contributed by atoms with E-state index in [-0.39, 0.29) is 41.6 Å². The number of nitrogens with zero attached hydrogens (tertiary/aromatic N) is 2. The molecule has 6 heterocycles. The molecule has 4 aliphatic rings. The molecular weight excluding hydrogens is 560 g/mol. The number of carbonyl (C=O) groups is 4. The van der Waals surface area contributed by atoms with E-state index in [1.54, 1.807) is 6.92 Å². The number of H-pyrrole nitrogens is 2. The summed E-state index contributed by atoms with van der Waals surface area (Å²) >= 11 is 0. The minimum atomic E-state index is -0.776. The third-order valence-corrected chi connectivity index (χ3v) is 9.50. The molecule has 4 atom stereocenters. The van der Waals surface area contributed by atoms with Gasteiger partial charge in [-0.2, -0.15) is 0 Å². The second kappa shape index (κ2) is 10.8. The number of ketones is 1. The molecule has 0 unspecified atom stereocenters. The van der Waals surface area contributed by atoms with Crippen molar-refractivity contribution in [1.29, 1.82) is 0 Å². The summed E-state index contributed by atoms with van der Waals surface area (Å²) in [4.78, 5) is 67.9. The van der Waals surface area contributed by atoms with Gasteiger partial charge in [-0.1, -0.05) is 20.8 Å². The van der Waals surface area contributed by atoms with E-state index in [0.717, 1.165) is 23.4 Å². The summed E-state index contributed by atoms with van der Waals surface area (Å²) in [6.07, 6.45) is 1.26. The molecule has 2 N–H and O–H groups in total. The van der Waals surface area contributed by atoms with Crippen LogP contribution in [0.25, 0.3) is 22.2 Å². The standard InChI is InChI=1S/C34H36N4O6/c1-8-20-14(2)22-13-27-28(18(6)39)16(4)24(36-27)11-23-15(3)21(9-10-43-19(7)40)31(37-23)30-32-29(33(41)44-34(30)42)17(5)25(38-32)12-26(20)35-22/h11-15,20-21,35,38H,8-10H2,1-7H3/t14-,15+,20-,21+/m1/s1. The molecule has 2 aromatic rings. The number of hydrogen-bond acceptors (Lipinski definition) is 8. The first-order valence-electron chi connectivity index (χ1n) is 15.1. The van der Waals surface area contributed by atoms with Gasteiger partial charge in [0.1, 0.15) is 5.56 Å². The van der Waals surface area contributed by atoms with Crippen LogP contribution in [0.3, 0.4) is 0 Å². The number of cyclic esters (lactones) is 2. The molecule has 10 nitrogen and oxygen atoms in total. The average Bonchev–Trinajstić information content (AvgIpc) is 3.62. The van der Waals surface area contributed by atoms with Gasteiger partial charge in [0.25, 0.3) is 0 Å². The van der Waals surface area contributed by atoms with E-state index >= 15 is 0 Å². The van der Waals surface area contributed by atoms with Gasteiger partial charge in [-0.05, 0) is 62.9 Å². The molecule has 0 aromatic carbocycles. The Bertz CT molecular complexity index is 1880. The van der Waals surface area contributed by atoms with Crippen LogP contribution in [-0.2, 0) is 19.1 Å². The highest BCUT2D eigenvalue weighted by Crippen LogP contribution is 2.44. The summed E-state index contributed by atoms with van der Waals surface area (Å²) in [5, 5.41) is 0. The fourth-order valence-electron chi connectivity index (χ4n) is 7.07. The number of aromatic nitrogens is 4. The molecule has 44 heavy (non-hydrogen) atoms. The van der Waals surface area contributed by atoms with Gasteiger partial charge in [0.15, 0.2) is 5.78 Å². The Labute approximate surface area is 255 Å².